The number of aryl methyl sites for hydroxylation is 1. The zero-order chi connectivity index (χ0) is 17.9. The van der Waals surface area contributed by atoms with E-state index in [1.807, 2.05) is 37.3 Å². The lowest BCUT2D eigenvalue weighted by molar-refractivity contribution is 0.135. The van der Waals surface area contributed by atoms with Crippen molar-refractivity contribution in [1.29, 1.82) is 5.26 Å². The molecule has 3 rings (SSSR count). The topological polar surface area (TPSA) is 70.4 Å². The van der Waals surface area contributed by atoms with Crippen LogP contribution in [0.2, 0.25) is 0 Å². The average Bonchev–Trinajstić information content (AvgIpc) is 2.64. The maximum atomic E-state index is 12.8. The molecular formula is C19H20N2O3S. The van der Waals surface area contributed by atoms with Crippen molar-refractivity contribution < 1.29 is 13.2 Å². The van der Waals surface area contributed by atoms with Crippen molar-refractivity contribution in [3.8, 4) is 11.8 Å². The zero-order valence-corrected chi connectivity index (χ0v) is 14.9. The van der Waals surface area contributed by atoms with E-state index in [9.17, 15) is 8.42 Å². The Balaban J connectivity index is 1.67. The summed E-state index contributed by atoms with van der Waals surface area (Å²) in [5.41, 5.74) is 1.35. The van der Waals surface area contributed by atoms with E-state index in [-0.39, 0.29) is 16.6 Å². The van der Waals surface area contributed by atoms with Crippen LogP contribution < -0.4 is 4.74 Å². The Morgan fingerprint density at radius 1 is 1.08 bits per heavy atom. The lowest BCUT2D eigenvalue weighted by Crippen LogP contribution is -2.41. The maximum Gasteiger partial charge on any atom is 0.244 e. The minimum atomic E-state index is -3.65. The Morgan fingerprint density at radius 3 is 2.36 bits per heavy atom. The standard InChI is InChI=1S/C19H20N2O3S/c1-15-6-8-17(9-7-15)24-18-10-12-21(13-11-18)25(22,23)19-5-3-2-4-16(19)14-20/h2-9,18H,10-13H2,1H3. The van der Waals surface area contributed by atoms with Crippen LogP contribution in [-0.2, 0) is 10.0 Å². The van der Waals surface area contributed by atoms with Gasteiger partial charge in [-0.3, -0.25) is 0 Å². The summed E-state index contributed by atoms with van der Waals surface area (Å²) in [6.07, 6.45) is 1.25. The van der Waals surface area contributed by atoms with E-state index >= 15 is 0 Å². The molecule has 0 N–H and O–H groups in total. The number of benzene rings is 2. The third-order valence-corrected chi connectivity index (χ3v) is 6.31. The molecule has 0 saturated carbocycles. The predicted octanol–water partition coefficient (Wildman–Crippen LogP) is 3.10. The molecule has 0 aromatic heterocycles. The molecule has 130 valence electrons. The molecule has 1 aliphatic rings. The van der Waals surface area contributed by atoms with E-state index in [4.69, 9.17) is 10.00 Å². The summed E-state index contributed by atoms with van der Waals surface area (Å²) in [6, 6.07) is 16.1. The number of rotatable bonds is 4. The Bertz CT molecular complexity index is 878. The molecule has 2 aromatic rings. The summed E-state index contributed by atoms with van der Waals surface area (Å²) in [5, 5.41) is 9.15. The van der Waals surface area contributed by atoms with E-state index in [1.54, 1.807) is 12.1 Å². The van der Waals surface area contributed by atoms with Crippen molar-refractivity contribution in [2.24, 2.45) is 0 Å². The van der Waals surface area contributed by atoms with Gasteiger partial charge in [0, 0.05) is 13.1 Å². The summed E-state index contributed by atoms with van der Waals surface area (Å²) in [4.78, 5) is 0.0791. The molecule has 6 heteroatoms. The van der Waals surface area contributed by atoms with Gasteiger partial charge >= 0.3 is 0 Å². The second-order valence-corrected chi connectivity index (χ2v) is 8.05. The molecule has 0 amide bonds. The second-order valence-electron chi connectivity index (χ2n) is 6.14. The lowest BCUT2D eigenvalue weighted by atomic mass is 10.1. The van der Waals surface area contributed by atoms with Gasteiger partial charge in [0.05, 0.1) is 10.5 Å². The third-order valence-electron chi connectivity index (χ3n) is 4.35. The van der Waals surface area contributed by atoms with Gasteiger partial charge in [0.2, 0.25) is 10.0 Å². The maximum absolute atomic E-state index is 12.8. The molecule has 1 heterocycles. The van der Waals surface area contributed by atoms with Gasteiger partial charge in [-0.2, -0.15) is 9.57 Å². The van der Waals surface area contributed by atoms with Crippen LogP contribution in [0.3, 0.4) is 0 Å². The summed E-state index contributed by atoms with van der Waals surface area (Å²) < 4.78 is 33.0. The molecule has 0 unspecified atom stereocenters. The van der Waals surface area contributed by atoms with E-state index in [2.05, 4.69) is 0 Å². The fourth-order valence-corrected chi connectivity index (χ4v) is 4.53. The number of sulfonamides is 1. The van der Waals surface area contributed by atoms with E-state index < -0.39 is 10.0 Å². The van der Waals surface area contributed by atoms with Crippen LogP contribution in [0.4, 0.5) is 0 Å². The molecule has 25 heavy (non-hydrogen) atoms. The summed E-state index contributed by atoms with van der Waals surface area (Å²) in [6.45, 7) is 2.80. The van der Waals surface area contributed by atoms with E-state index in [0.717, 1.165) is 5.75 Å². The number of ether oxygens (including phenoxy) is 1. The first kappa shape index (κ1) is 17.5. The van der Waals surface area contributed by atoms with E-state index in [0.29, 0.717) is 25.9 Å². The molecule has 0 spiro atoms. The van der Waals surface area contributed by atoms with Gasteiger partial charge in [-0.1, -0.05) is 29.8 Å². The van der Waals surface area contributed by atoms with Crippen molar-refractivity contribution in [2.75, 3.05) is 13.1 Å². The molecule has 0 atom stereocenters. The fourth-order valence-electron chi connectivity index (χ4n) is 2.92. The van der Waals surface area contributed by atoms with Crippen molar-refractivity contribution >= 4 is 10.0 Å². The smallest absolute Gasteiger partial charge is 0.244 e. The van der Waals surface area contributed by atoms with Gasteiger partial charge in [-0.25, -0.2) is 8.42 Å². The molecular weight excluding hydrogens is 336 g/mol. The SMILES string of the molecule is Cc1ccc(OC2CCN(S(=O)(=O)c3ccccc3C#N)CC2)cc1. The highest BCUT2D eigenvalue weighted by Crippen LogP contribution is 2.25. The number of piperidine rings is 1. The van der Waals surface area contributed by atoms with Crippen molar-refractivity contribution in [3.05, 3.63) is 59.7 Å². The van der Waals surface area contributed by atoms with Crippen LogP contribution >= 0.6 is 0 Å². The number of nitriles is 1. The highest BCUT2D eigenvalue weighted by Gasteiger charge is 2.31. The fraction of sp³-hybridized carbons (Fsp3) is 0.316. The third kappa shape index (κ3) is 3.84. The van der Waals surface area contributed by atoms with Gasteiger partial charge in [0.15, 0.2) is 0 Å². The first-order valence-corrected chi connectivity index (χ1v) is 9.67. The summed E-state index contributed by atoms with van der Waals surface area (Å²) >= 11 is 0. The molecule has 1 fully saturated rings. The second kappa shape index (κ2) is 7.26. The van der Waals surface area contributed by atoms with Gasteiger partial charge in [-0.05, 0) is 44.0 Å². The Labute approximate surface area is 148 Å². The quantitative estimate of drug-likeness (QED) is 0.844. The number of hydrogen-bond acceptors (Lipinski definition) is 4. The largest absolute Gasteiger partial charge is 0.490 e. The zero-order valence-electron chi connectivity index (χ0n) is 14.1. The van der Waals surface area contributed by atoms with Crippen LogP contribution in [0, 0.1) is 18.3 Å². The van der Waals surface area contributed by atoms with E-state index in [1.165, 1.54) is 22.0 Å². The van der Waals surface area contributed by atoms with Gasteiger partial charge in [0.25, 0.3) is 0 Å². The summed E-state index contributed by atoms with van der Waals surface area (Å²) in [7, 11) is -3.65. The molecule has 0 aliphatic carbocycles. The summed E-state index contributed by atoms with van der Waals surface area (Å²) in [5.74, 6) is 0.807. The van der Waals surface area contributed by atoms with Gasteiger partial charge in [0.1, 0.15) is 17.9 Å². The Kier molecular flexibility index (Phi) is 5.07. The molecule has 0 bridgehead atoms. The van der Waals surface area contributed by atoms with Crippen molar-refractivity contribution in [1.82, 2.24) is 4.31 Å². The van der Waals surface area contributed by atoms with Gasteiger partial charge < -0.3 is 4.74 Å². The lowest BCUT2D eigenvalue weighted by Gasteiger charge is -2.31. The normalized spacial score (nSPS) is 16.3. The minimum absolute atomic E-state index is 0.000340. The first-order chi connectivity index (χ1) is 12.0. The van der Waals surface area contributed by atoms with Crippen molar-refractivity contribution in [2.45, 2.75) is 30.8 Å². The van der Waals surface area contributed by atoms with Crippen LogP contribution in [-0.4, -0.2) is 31.9 Å². The molecule has 5 nitrogen and oxygen atoms in total. The Morgan fingerprint density at radius 2 is 1.72 bits per heavy atom. The van der Waals surface area contributed by atoms with Crippen LogP contribution in [0.1, 0.15) is 24.0 Å². The first-order valence-electron chi connectivity index (χ1n) is 8.23. The van der Waals surface area contributed by atoms with Crippen molar-refractivity contribution in [3.63, 3.8) is 0 Å². The minimum Gasteiger partial charge on any atom is -0.490 e. The van der Waals surface area contributed by atoms with Crippen LogP contribution in [0.15, 0.2) is 53.4 Å². The molecule has 2 aromatic carbocycles. The van der Waals surface area contributed by atoms with Crippen LogP contribution in [0.5, 0.6) is 5.75 Å². The monoisotopic (exact) mass is 356 g/mol. The Hall–Kier alpha value is -2.36. The molecule has 0 radical (unpaired) electrons. The number of nitrogens with zero attached hydrogens (tertiary/aromatic N) is 2. The highest BCUT2D eigenvalue weighted by atomic mass is 32.2. The van der Waals surface area contributed by atoms with Gasteiger partial charge in [-0.15, -0.1) is 0 Å². The van der Waals surface area contributed by atoms with Crippen LogP contribution in [0.25, 0.3) is 0 Å². The highest BCUT2D eigenvalue weighted by molar-refractivity contribution is 7.89. The average molecular weight is 356 g/mol. The molecule has 1 aliphatic heterocycles. The predicted molar refractivity (Wildman–Crippen MR) is 94.7 cm³/mol. The molecule has 1 saturated heterocycles. The number of hydrogen-bond donors (Lipinski definition) is 0.